The summed E-state index contributed by atoms with van der Waals surface area (Å²) in [6, 6.07) is 8.45. The molecule has 0 spiro atoms. The van der Waals surface area contributed by atoms with E-state index >= 15 is 0 Å². The van der Waals surface area contributed by atoms with Gasteiger partial charge in [-0.25, -0.2) is 9.97 Å². The van der Waals surface area contributed by atoms with E-state index in [0.717, 1.165) is 24.3 Å². The smallest absolute Gasteiger partial charge is 0.334 e. The first-order valence-corrected chi connectivity index (χ1v) is 9.74. The van der Waals surface area contributed by atoms with Gasteiger partial charge in [0.2, 0.25) is 5.41 Å². The Morgan fingerprint density at radius 2 is 0.909 bits per heavy atom. The Kier molecular flexibility index (Phi) is 5.34. The van der Waals surface area contributed by atoms with Crippen LogP contribution in [0.25, 0.3) is 22.5 Å². The number of hydrogen-bond donors (Lipinski definition) is 0. The van der Waals surface area contributed by atoms with Crippen LogP contribution in [0.2, 0.25) is 0 Å². The van der Waals surface area contributed by atoms with Crippen LogP contribution in [0.4, 0.5) is 26.3 Å². The molecular formula is C23H18F6N4. The molecule has 0 fully saturated rings. The number of nitrogens with zero attached hydrogens (tertiary/aromatic N) is 4. The fraction of sp³-hybridized carbons (Fsp3) is 0.217. The molecule has 0 amide bonds. The van der Waals surface area contributed by atoms with Gasteiger partial charge in [0.05, 0.1) is 36.4 Å². The van der Waals surface area contributed by atoms with Gasteiger partial charge < -0.3 is 9.13 Å². The summed E-state index contributed by atoms with van der Waals surface area (Å²) in [5.41, 5.74) is -4.01. The Balaban J connectivity index is 1.88. The van der Waals surface area contributed by atoms with Crippen molar-refractivity contribution in [1.82, 2.24) is 19.1 Å². The van der Waals surface area contributed by atoms with E-state index in [4.69, 9.17) is 0 Å². The standard InChI is InChI=1S/C23H18F6N4/c1-32-13-30-11-19(32)15-3-7-17(8-4-15)21(22(24,25)26,23(27,28)29)18-9-5-16(6-10-18)20-12-31-14-33(20)2/h3-14H,1-2H3. The monoisotopic (exact) mass is 464 g/mol. The minimum Gasteiger partial charge on any atom is -0.334 e. The van der Waals surface area contributed by atoms with Crippen molar-refractivity contribution in [2.75, 3.05) is 0 Å². The molecule has 2 aromatic heterocycles. The summed E-state index contributed by atoms with van der Waals surface area (Å²) < 4.78 is 89.5. The van der Waals surface area contributed by atoms with Gasteiger partial charge in [-0.3, -0.25) is 0 Å². The molecule has 0 aliphatic heterocycles. The molecule has 4 rings (SSSR count). The van der Waals surface area contributed by atoms with Crippen LogP contribution in [0.1, 0.15) is 11.1 Å². The minimum atomic E-state index is -5.65. The van der Waals surface area contributed by atoms with Crippen LogP contribution in [0.5, 0.6) is 0 Å². The number of hydrogen-bond acceptors (Lipinski definition) is 2. The lowest BCUT2D eigenvalue weighted by Gasteiger charge is -2.38. The SMILES string of the molecule is Cn1cncc1-c1ccc(C(c2ccc(-c3cncn3C)cc2)(C(F)(F)F)C(F)(F)F)cc1. The highest BCUT2D eigenvalue weighted by atomic mass is 19.4. The van der Waals surface area contributed by atoms with Crippen molar-refractivity contribution in [3.8, 4) is 22.5 Å². The van der Waals surface area contributed by atoms with Crippen LogP contribution in [0.3, 0.4) is 0 Å². The third kappa shape index (κ3) is 3.59. The first kappa shape index (κ1) is 22.6. The second-order valence-corrected chi connectivity index (χ2v) is 7.68. The molecule has 4 aromatic rings. The zero-order valence-electron chi connectivity index (χ0n) is 17.5. The zero-order valence-corrected chi connectivity index (χ0v) is 17.5. The van der Waals surface area contributed by atoms with Gasteiger partial charge in [-0.2, -0.15) is 26.3 Å². The topological polar surface area (TPSA) is 35.6 Å². The Morgan fingerprint density at radius 1 is 0.576 bits per heavy atom. The highest BCUT2D eigenvalue weighted by Gasteiger charge is 2.72. The number of imidazole rings is 2. The second kappa shape index (κ2) is 7.79. The molecule has 33 heavy (non-hydrogen) atoms. The summed E-state index contributed by atoms with van der Waals surface area (Å²) in [7, 11) is 3.35. The van der Waals surface area contributed by atoms with E-state index in [1.54, 1.807) is 23.2 Å². The van der Waals surface area contributed by atoms with Crippen molar-refractivity contribution in [3.05, 3.63) is 84.7 Å². The second-order valence-electron chi connectivity index (χ2n) is 7.68. The van der Waals surface area contributed by atoms with Crippen LogP contribution in [-0.4, -0.2) is 31.5 Å². The largest absolute Gasteiger partial charge is 0.411 e. The Morgan fingerprint density at radius 3 is 1.15 bits per heavy atom. The van der Waals surface area contributed by atoms with Crippen LogP contribution >= 0.6 is 0 Å². The summed E-state index contributed by atoms with van der Waals surface area (Å²) in [5, 5.41) is 0. The fourth-order valence-electron chi connectivity index (χ4n) is 4.03. The van der Waals surface area contributed by atoms with Gasteiger partial charge in [0.25, 0.3) is 0 Å². The van der Waals surface area contributed by atoms with E-state index in [2.05, 4.69) is 9.97 Å². The molecule has 0 saturated carbocycles. The fourth-order valence-corrected chi connectivity index (χ4v) is 4.03. The third-order valence-electron chi connectivity index (χ3n) is 5.71. The van der Waals surface area contributed by atoms with E-state index in [0.29, 0.717) is 22.5 Å². The molecule has 2 heterocycles. The summed E-state index contributed by atoms with van der Waals surface area (Å²) in [5.74, 6) is 0. The predicted octanol–water partition coefficient (Wildman–Crippen LogP) is 5.90. The predicted molar refractivity (Wildman–Crippen MR) is 110 cm³/mol. The summed E-state index contributed by atoms with van der Waals surface area (Å²) in [4.78, 5) is 7.86. The average molecular weight is 464 g/mol. The highest BCUT2D eigenvalue weighted by Crippen LogP contribution is 2.56. The summed E-state index contributed by atoms with van der Waals surface area (Å²) in [6.07, 6.45) is -5.36. The van der Waals surface area contributed by atoms with Crippen LogP contribution in [0, 0.1) is 0 Å². The lowest BCUT2D eigenvalue weighted by Crippen LogP contribution is -2.54. The molecular weight excluding hydrogens is 446 g/mol. The Hall–Kier alpha value is -3.56. The van der Waals surface area contributed by atoms with Gasteiger partial charge in [0.1, 0.15) is 0 Å². The maximum absolute atomic E-state index is 14.4. The van der Waals surface area contributed by atoms with Crippen molar-refractivity contribution in [3.63, 3.8) is 0 Å². The molecule has 0 bridgehead atoms. The number of aryl methyl sites for hydroxylation is 2. The van der Waals surface area contributed by atoms with Crippen molar-refractivity contribution >= 4 is 0 Å². The molecule has 0 atom stereocenters. The molecule has 0 aliphatic rings. The van der Waals surface area contributed by atoms with Crippen molar-refractivity contribution < 1.29 is 26.3 Å². The van der Waals surface area contributed by atoms with E-state index in [-0.39, 0.29) is 0 Å². The number of halogens is 6. The molecule has 0 saturated heterocycles. The van der Waals surface area contributed by atoms with Gasteiger partial charge >= 0.3 is 12.4 Å². The molecule has 0 aliphatic carbocycles. The minimum absolute atomic E-state index is 0.448. The van der Waals surface area contributed by atoms with Crippen LogP contribution in [0.15, 0.2) is 73.6 Å². The van der Waals surface area contributed by atoms with Gasteiger partial charge in [-0.05, 0) is 22.3 Å². The normalized spacial score (nSPS) is 12.8. The average Bonchev–Trinajstić information content (AvgIpc) is 3.35. The van der Waals surface area contributed by atoms with Crippen LogP contribution in [-0.2, 0) is 19.5 Å². The van der Waals surface area contributed by atoms with Crippen molar-refractivity contribution in [2.24, 2.45) is 14.1 Å². The first-order chi connectivity index (χ1) is 15.5. The van der Waals surface area contributed by atoms with Crippen molar-refractivity contribution in [1.29, 1.82) is 0 Å². The van der Waals surface area contributed by atoms with E-state index in [1.807, 2.05) is 0 Å². The van der Waals surface area contributed by atoms with Gasteiger partial charge in [-0.1, -0.05) is 48.5 Å². The summed E-state index contributed by atoms with van der Waals surface area (Å²) in [6.45, 7) is 0. The first-order valence-electron chi connectivity index (χ1n) is 9.74. The van der Waals surface area contributed by atoms with E-state index in [9.17, 15) is 26.3 Å². The molecule has 4 nitrogen and oxygen atoms in total. The number of aromatic nitrogens is 4. The highest BCUT2D eigenvalue weighted by molar-refractivity contribution is 5.62. The zero-order chi connectivity index (χ0) is 24.0. The third-order valence-corrected chi connectivity index (χ3v) is 5.71. The van der Waals surface area contributed by atoms with Crippen LogP contribution < -0.4 is 0 Å². The van der Waals surface area contributed by atoms with E-state index in [1.165, 1.54) is 49.3 Å². The van der Waals surface area contributed by atoms with Crippen molar-refractivity contribution in [2.45, 2.75) is 17.8 Å². The lowest BCUT2D eigenvalue weighted by atomic mass is 9.72. The molecule has 0 radical (unpaired) electrons. The molecule has 2 aromatic carbocycles. The maximum atomic E-state index is 14.4. The van der Waals surface area contributed by atoms with E-state index < -0.39 is 28.9 Å². The number of alkyl halides is 6. The Labute approximate surface area is 185 Å². The Bertz CT molecular complexity index is 1150. The molecule has 0 N–H and O–H groups in total. The van der Waals surface area contributed by atoms with Gasteiger partial charge in [0.15, 0.2) is 0 Å². The lowest BCUT2D eigenvalue weighted by molar-refractivity contribution is -0.288. The quantitative estimate of drug-likeness (QED) is 0.353. The van der Waals surface area contributed by atoms with Gasteiger partial charge in [-0.15, -0.1) is 0 Å². The molecule has 0 unspecified atom stereocenters. The van der Waals surface area contributed by atoms with Gasteiger partial charge in [0, 0.05) is 14.1 Å². The number of benzene rings is 2. The summed E-state index contributed by atoms with van der Waals surface area (Å²) >= 11 is 0. The maximum Gasteiger partial charge on any atom is 0.411 e. The molecule has 172 valence electrons. The number of rotatable bonds is 4. The molecule has 10 heteroatoms.